The number of hydrogen-bond donors (Lipinski definition) is 0. The van der Waals surface area contributed by atoms with Crippen molar-refractivity contribution >= 4 is 5.69 Å². The predicted molar refractivity (Wildman–Crippen MR) is 53.0 cm³/mol. The summed E-state index contributed by atoms with van der Waals surface area (Å²) in [5.41, 5.74) is -0.580. The minimum Gasteiger partial charge on any atom is -0.364 e. The first kappa shape index (κ1) is 10.1. The van der Waals surface area contributed by atoms with Crippen LogP contribution in [0, 0.1) is 10.1 Å². The molecule has 0 aliphatic heterocycles. The molecule has 0 atom stereocenters. The molecule has 0 unspecified atom stereocenters. The summed E-state index contributed by atoms with van der Waals surface area (Å²) in [6.45, 7) is 0.150. The van der Waals surface area contributed by atoms with Gasteiger partial charge in [-0.2, -0.15) is 0 Å². The zero-order valence-corrected chi connectivity index (χ0v) is 8.07. The van der Waals surface area contributed by atoms with Crippen LogP contribution in [-0.2, 0) is 6.54 Å². The van der Waals surface area contributed by atoms with Crippen LogP contribution in [-0.4, -0.2) is 14.6 Å². The molecular formula is C9H7N3O4. The van der Waals surface area contributed by atoms with E-state index in [2.05, 4.69) is 9.68 Å². The van der Waals surface area contributed by atoms with E-state index >= 15 is 0 Å². The Morgan fingerprint density at radius 2 is 2.31 bits per heavy atom. The van der Waals surface area contributed by atoms with Crippen LogP contribution in [0.3, 0.4) is 0 Å². The smallest absolute Gasteiger partial charge is 0.334 e. The van der Waals surface area contributed by atoms with E-state index in [0.29, 0.717) is 5.69 Å². The van der Waals surface area contributed by atoms with Crippen molar-refractivity contribution in [2.45, 2.75) is 6.54 Å². The average Bonchev–Trinajstić information content (AvgIpc) is 2.73. The van der Waals surface area contributed by atoms with Gasteiger partial charge in [0.2, 0.25) is 0 Å². The van der Waals surface area contributed by atoms with E-state index in [4.69, 9.17) is 0 Å². The Kier molecular flexibility index (Phi) is 2.50. The zero-order chi connectivity index (χ0) is 11.5. The molecule has 0 bridgehead atoms. The minimum atomic E-state index is -0.707. The maximum absolute atomic E-state index is 11.6. The second-order valence-corrected chi connectivity index (χ2v) is 3.07. The fourth-order valence-electron chi connectivity index (χ4n) is 1.28. The molecule has 0 fully saturated rings. The lowest BCUT2D eigenvalue weighted by Crippen LogP contribution is -2.22. The molecule has 2 rings (SSSR count). The Hall–Kier alpha value is -2.44. The van der Waals surface area contributed by atoms with E-state index in [1.54, 1.807) is 6.07 Å². The van der Waals surface area contributed by atoms with Crippen LogP contribution < -0.4 is 5.56 Å². The number of nitro groups is 1. The Balaban J connectivity index is 2.39. The molecule has 0 saturated carbocycles. The molecule has 0 aromatic carbocycles. The summed E-state index contributed by atoms with van der Waals surface area (Å²) in [6.07, 6.45) is 2.84. The van der Waals surface area contributed by atoms with Crippen molar-refractivity contribution in [3.05, 3.63) is 56.8 Å². The number of rotatable bonds is 3. The third-order valence-corrected chi connectivity index (χ3v) is 2.02. The van der Waals surface area contributed by atoms with Crippen molar-refractivity contribution < 1.29 is 9.45 Å². The third kappa shape index (κ3) is 1.83. The molecule has 7 nitrogen and oxygen atoms in total. The highest BCUT2D eigenvalue weighted by Crippen LogP contribution is 2.03. The molecule has 2 heterocycles. The van der Waals surface area contributed by atoms with Crippen LogP contribution in [0.5, 0.6) is 0 Å². The molecule has 0 spiro atoms. The molecule has 82 valence electrons. The molecule has 0 aliphatic carbocycles. The van der Waals surface area contributed by atoms with E-state index in [1.807, 2.05) is 0 Å². The summed E-state index contributed by atoms with van der Waals surface area (Å²) in [4.78, 5) is 21.4. The Bertz CT molecular complexity index is 558. The fraction of sp³-hybridized carbons (Fsp3) is 0.111. The van der Waals surface area contributed by atoms with Gasteiger partial charge < -0.3 is 9.09 Å². The number of hydrogen-bond acceptors (Lipinski definition) is 5. The zero-order valence-electron chi connectivity index (χ0n) is 8.07. The highest BCUT2D eigenvalue weighted by atomic mass is 16.6. The standard InChI is InChI=1S/C9H7N3O4/c13-9-8(12(14)15)2-1-4-11(9)6-7-3-5-16-10-7/h1-5H,6H2. The second-order valence-electron chi connectivity index (χ2n) is 3.07. The van der Waals surface area contributed by atoms with E-state index in [0.717, 1.165) is 0 Å². The van der Waals surface area contributed by atoms with Gasteiger partial charge in [0, 0.05) is 18.3 Å². The van der Waals surface area contributed by atoms with Gasteiger partial charge in [-0.15, -0.1) is 0 Å². The molecule has 7 heteroatoms. The molecule has 0 N–H and O–H groups in total. The summed E-state index contributed by atoms with van der Waals surface area (Å²) < 4.78 is 5.81. The van der Waals surface area contributed by atoms with Gasteiger partial charge in [-0.05, 0) is 6.07 Å². The summed E-state index contributed by atoms with van der Waals surface area (Å²) in [5, 5.41) is 14.2. The van der Waals surface area contributed by atoms with Crippen molar-refractivity contribution in [2.75, 3.05) is 0 Å². The van der Waals surface area contributed by atoms with Gasteiger partial charge in [0.05, 0.1) is 11.5 Å². The topological polar surface area (TPSA) is 91.2 Å². The SMILES string of the molecule is O=c1c([N+](=O)[O-])cccn1Cc1ccon1. The third-order valence-electron chi connectivity index (χ3n) is 2.02. The van der Waals surface area contributed by atoms with Crippen LogP contribution in [0.2, 0.25) is 0 Å². The minimum absolute atomic E-state index is 0.150. The maximum Gasteiger partial charge on any atom is 0.334 e. The van der Waals surface area contributed by atoms with Gasteiger partial charge in [-0.1, -0.05) is 5.16 Å². The molecule has 0 amide bonds. The second kappa shape index (κ2) is 3.97. The summed E-state index contributed by atoms with van der Waals surface area (Å²) in [5.74, 6) is 0. The van der Waals surface area contributed by atoms with Gasteiger partial charge in [0.25, 0.3) is 0 Å². The van der Waals surface area contributed by atoms with Crippen LogP contribution in [0.4, 0.5) is 5.69 Å². The van der Waals surface area contributed by atoms with Gasteiger partial charge in [0.1, 0.15) is 12.0 Å². The van der Waals surface area contributed by atoms with E-state index in [1.165, 1.54) is 29.2 Å². The largest absolute Gasteiger partial charge is 0.364 e. The maximum atomic E-state index is 11.6. The molecule has 2 aromatic heterocycles. The molecule has 0 saturated heterocycles. The van der Waals surface area contributed by atoms with Gasteiger partial charge >= 0.3 is 11.2 Å². The lowest BCUT2D eigenvalue weighted by molar-refractivity contribution is -0.386. The summed E-state index contributed by atoms with van der Waals surface area (Å²) >= 11 is 0. The van der Waals surface area contributed by atoms with Crippen LogP contribution in [0.15, 0.2) is 40.0 Å². The Morgan fingerprint density at radius 1 is 1.50 bits per heavy atom. The van der Waals surface area contributed by atoms with Gasteiger partial charge in [0.15, 0.2) is 0 Å². The van der Waals surface area contributed by atoms with Crippen molar-refractivity contribution in [3.8, 4) is 0 Å². The van der Waals surface area contributed by atoms with E-state index in [9.17, 15) is 14.9 Å². The molecule has 0 radical (unpaired) electrons. The monoisotopic (exact) mass is 221 g/mol. The lowest BCUT2D eigenvalue weighted by atomic mass is 10.3. The first-order valence-electron chi connectivity index (χ1n) is 4.41. The number of nitrogens with zero attached hydrogens (tertiary/aromatic N) is 3. The fourth-order valence-corrected chi connectivity index (χ4v) is 1.28. The first-order chi connectivity index (χ1) is 7.68. The van der Waals surface area contributed by atoms with E-state index in [-0.39, 0.29) is 6.54 Å². The molecule has 16 heavy (non-hydrogen) atoms. The van der Waals surface area contributed by atoms with Gasteiger partial charge in [-0.3, -0.25) is 14.9 Å². The quantitative estimate of drug-likeness (QED) is 0.564. The average molecular weight is 221 g/mol. The number of pyridine rings is 1. The highest BCUT2D eigenvalue weighted by molar-refractivity contribution is 5.25. The molecule has 2 aromatic rings. The first-order valence-corrected chi connectivity index (χ1v) is 4.41. The molecule has 0 aliphatic rings. The van der Waals surface area contributed by atoms with E-state index < -0.39 is 16.2 Å². The molecular weight excluding hydrogens is 214 g/mol. The van der Waals surface area contributed by atoms with Crippen molar-refractivity contribution in [1.82, 2.24) is 9.72 Å². The van der Waals surface area contributed by atoms with Crippen molar-refractivity contribution in [1.29, 1.82) is 0 Å². The summed E-state index contributed by atoms with van der Waals surface area (Å²) in [6, 6.07) is 4.20. The highest BCUT2D eigenvalue weighted by Gasteiger charge is 2.13. The van der Waals surface area contributed by atoms with Crippen LogP contribution in [0.1, 0.15) is 5.69 Å². The van der Waals surface area contributed by atoms with Crippen LogP contribution in [0.25, 0.3) is 0 Å². The van der Waals surface area contributed by atoms with Crippen LogP contribution >= 0.6 is 0 Å². The predicted octanol–water partition coefficient (Wildman–Crippen LogP) is 0.793. The Labute approximate surface area is 89.1 Å². The number of aromatic nitrogens is 2. The normalized spacial score (nSPS) is 10.2. The van der Waals surface area contributed by atoms with Gasteiger partial charge in [-0.25, -0.2) is 0 Å². The Morgan fingerprint density at radius 3 is 2.94 bits per heavy atom. The van der Waals surface area contributed by atoms with Crippen molar-refractivity contribution in [3.63, 3.8) is 0 Å². The van der Waals surface area contributed by atoms with Crippen molar-refractivity contribution in [2.24, 2.45) is 0 Å². The summed E-state index contributed by atoms with van der Waals surface area (Å²) in [7, 11) is 0. The lowest BCUT2D eigenvalue weighted by Gasteiger charge is -2.01.